The van der Waals surface area contributed by atoms with Crippen molar-refractivity contribution >= 4 is 17.7 Å². The zero-order valence-corrected chi connectivity index (χ0v) is 12.6. The monoisotopic (exact) mass is 265 g/mol. The van der Waals surface area contributed by atoms with Gasteiger partial charge < -0.3 is 19.1 Å². The number of hydrogen-bond acceptors (Lipinski definition) is 4. The summed E-state index contributed by atoms with van der Waals surface area (Å²) in [5.74, 6) is -0.308. The zero-order chi connectivity index (χ0) is 13.7. The van der Waals surface area contributed by atoms with Crippen LogP contribution in [0.3, 0.4) is 0 Å². The lowest BCUT2D eigenvalue weighted by Crippen LogP contribution is -2.45. The van der Waals surface area contributed by atoms with Crippen LogP contribution in [0.5, 0.6) is 0 Å². The van der Waals surface area contributed by atoms with Gasteiger partial charge in [-0.1, -0.05) is 0 Å². The van der Waals surface area contributed by atoms with Gasteiger partial charge in [0.05, 0.1) is 26.7 Å². The Bertz CT molecular complexity index is 185. The topological polar surface area (TPSA) is 49.4 Å². The lowest BCUT2D eigenvalue weighted by Gasteiger charge is -2.31. The fourth-order valence-electron chi connectivity index (χ4n) is 1.04. The predicted octanol–water partition coefficient (Wildman–Crippen LogP) is 0.609. The summed E-state index contributed by atoms with van der Waals surface area (Å²) in [5, 5.41) is 9.63. The molecule has 0 radical (unpaired) electrons. The number of rotatable bonds is 8. The number of thioether (sulfide) groups is 1. The van der Waals surface area contributed by atoms with E-state index in [1.54, 1.807) is 7.11 Å². The Kier molecular flexibility index (Phi) is 13.7. The number of nitrogens with zero attached hydrogens (tertiary/aromatic N) is 1. The molecule has 0 amide bonds. The van der Waals surface area contributed by atoms with Crippen molar-refractivity contribution in [3.63, 3.8) is 0 Å². The highest BCUT2D eigenvalue weighted by Gasteiger charge is 2.14. The van der Waals surface area contributed by atoms with Crippen LogP contribution in [0.15, 0.2) is 0 Å². The largest absolute Gasteiger partial charge is 0.550 e. The third kappa shape index (κ3) is 13.7. The second-order valence-electron chi connectivity index (χ2n) is 4.08. The maximum Gasteiger partial charge on any atom is 0.102 e. The molecular weight excluding hydrogens is 238 g/mol. The second-order valence-corrected chi connectivity index (χ2v) is 5.07. The highest BCUT2D eigenvalue weighted by atomic mass is 32.2. The van der Waals surface area contributed by atoms with Gasteiger partial charge in [-0.25, -0.2) is 0 Å². The molecule has 104 valence electrons. The number of methoxy groups -OCH3 is 1. The Labute approximate surface area is 110 Å². The molecule has 0 aliphatic heterocycles. The smallest absolute Gasteiger partial charge is 0.102 e. The van der Waals surface area contributed by atoms with E-state index in [9.17, 15) is 9.90 Å². The molecule has 5 heteroatoms. The fraction of sp³-hybridized carbons (Fsp3) is 0.917. The molecule has 0 bridgehead atoms. The first kappa shape index (κ1) is 19.1. The SMILES string of the molecule is CC[N+](C)(CC)CCOC.CSCCC(=O)[O-]. The van der Waals surface area contributed by atoms with E-state index < -0.39 is 5.97 Å². The fourth-order valence-corrected chi connectivity index (χ4v) is 1.41. The number of likely N-dealkylation sites (N-methyl/N-ethyl adjacent to an activating group) is 1. The molecule has 4 nitrogen and oxygen atoms in total. The summed E-state index contributed by atoms with van der Waals surface area (Å²) < 4.78 is 6.14. The van der Waals surface area contributed by atoms with Crippen LogP contribution in [0.25, 0.3) is 0 Å². The molecule has 0 aromatic carbocycles. The molecule has 0 fully saturated rings. The minimum absolute atomic E-state index is 0.168. The molecule has 0 saturated carbocycles. The van der Waals surface area contributed by atoms with Crippen LogP contribution in [-0.2, 0) is 9.53 Å². The van der Waals surface area contributed by atoms with Gasteiger partial charge in [-0.3, -0.25) is 0 Å². The average molecular weight is 265 g/mol. The van der Waals surface area contributed by atoms with Crippen LogP contribution in [0, 0.1) is 0 Å². The third-order valence-corrected chi connectivity index (χ3v) is 3.48. The molecule has 0 saturated heterocycles. The van der Waals surface area contributed by atoms with E-state index >= 15 is 0 Å². The van der Waals surface area contributed by atoms with Crippen molar-refractivity contribution in [3.05, 3.63) is 0 Å². The van der Waals surface area contributed by atoms with Gasteiger partial charge in [0.25, 0.3) is 0 Å². The Morgan fingerprint density at radius 3 is 2.12 bits per heavy atom. The highest BCUT2D eigenvalue weighted by molar-refractivity contribution is 7.98. The number of quaternary nitrogens is 1. The van der Waals surface area contributed by atoms with Crippen molar-refractivity contribution in [3.8, 4) is 0 Å². The average Bonchev–Trinajstić information content (AvgIpc) is 2.34. The standard InChI is InChI=1S/C8H20NO.C4H8O2S/c1-5-9(3,6-2)7-8-10-4;1-7-3-2-4(5)6/h5-8H2,1-4H3;2-3H2,1H3,(H,5,6)/q+1;/p-1. The van der Waals surface area contributed by atoms with Crippen LogP contribution >= 0.6 is 11.8 Å². The molecular formula is C12H27NO3S. The normalized spacial score (nSPS) is 10.6. The van der Waals surface area contributed by atoms with Gasteiger partial charge in [0, 0.05) is 13.1 Å². The van der Waals surface area contributed by atoms with Crippen molar-refractivity contribution in [1.82, 2.24) is 0 Å². The van der Waals surface area contributed by atoms with E-state index in [1.807, 2.05) is 6.26 Å². The van der Waals surface area contributed by atoms with Crippen LogP contribution in [0.4, 0.5) is 0 Å². The van der Waals surface area contributed by atoms with E-state index in [2.05, 4.69) is 20.9 Å². The van der Waals surface area contributed by atoms with Crippen molar-refractivity contribution in [2.24, 2.45) is 0 Å². The van der Waals surface area contributed by atoms with E-state index in [0.29, 0.717) is 5.75 Å². The summed E-state index contributed by atoms with van der Waals surface area (Å²) in [6, 6.07) is 0. The van der Waals surface area contributed by atoms with Crippen molar-refractivity contribution in [2.45, 2.75) is 20.3 Å². The molecule has 0 spiro atoms. The van der Waals surface area contributed by atoms with Gasteiger partial charge in [0.15, 0.2) is 0 Å². The quantitative estimate of drug-likeness (QED) is 0.603. The van der Waals surface area contributed by atoms with E-state index in [4.69, 9.17) is 4.74 Å². The third-order valence-electron chi connectivity index (χ3n) is 2.87. The summed E-state index contributed by atoms with van der Waals surface area (Å²) in [5.41, 5.74) is 0. The number of carbonyl (C=O) groups excluding carboxylic acids is 1. The van der Waals surface area contributed by atoms with Crippen molar-refractivity contribution in [1.29, 1.82) is 0 Å². The van der Waals surface area contributed by atoms with Crippen LogP contribution in [-0.4, -0.2) is 62.9 Å². The number of carbonyl (C=O) groups is 1. The predicted molar refractivity (Wildman–Crippen MR) is 72.0 cm³/mol. The van der Waals surface area contributed by atoms with Gasteiger partial charge in [-0.2, -0.15) is 11.8 Å². The van der Waals surface area contributed by atoms with Crippen LogP contribution in [0.2, 0.25) is 0 Å². The number of hydrogen-bond donors (Lipinski definition) is 0. The molecule has 0 aromatic rings. The first-order chi connectivity index (χ1) is 7.95. The molecule has 0 unspecified atom stereocenters. The molecule has 17 heavy (non-hydrogen) atoms. The molecule has 0 aliphatic carbocycles. The van der Waals surface area contributed by atoms with E-state index in [0.717, 1.165) is 17.6 Å². The van der Waals surface area contributed by atoms with Gasteiger partial charge >= 0.3 is 0 Å². The Balaban J connectivity index is 0. The number of aliphatic carboxylic acids is 1. The second kappa shape index (κ2) is 12.2. The van der Waals surface area contributed by atoms with Gasteiger partial charge in [-0.05, 0) is 32.3 Å². The maximum absolute atomic E-state index is 9.63. The van der Waals surface area contributed by atoms with Crippen LogP contribution < -0.4 is 5.11 Å². The lowest BCUT2D eigenvalue weighted by atomic mass is 10.4. The Morgan fingerprint density at radius 2 is 1.88 bits per heavy atom. The van der Waals surface area contributed by atoms with Crippen molar-refractivity contribution < 1.29 is 19.1 Å². The maximum atomic E-state index is 9.63. The minimum atomic E-state index is -0.964. The zero-order valence-electron chi connectivity index (χ0n) is 11.8. The minimum Gasteiger partial charge on any atom is -0.550 e. The summed E-state index contributed by atoms with van der Waals surface area (Å²) in [4.78, 5) is 9.63. The number of carboxylic acid groups (broad SMARTS) is 1. The molecule has 0 atom stereocenters. The summed E-state index contributed by atoms with van der Waals surface area (Å²) >= 11 is 1.51. The van der Waals surface area contributed by atoms with E-state index in [-0.39, 0.29) is 6.42 Å². The van der Waals surface area contributed by atoms with Gasteiger partial charge in [-0.15, -0.1) is 0 Å². The lowest BCUT2D eigenvalue weighted by molar-refractivity contribution is -0.906. The van der Waals surface area contributed by atoms with Crippen LogP contribution in [0.1, 0.15) is 20.3 Å². The molecule has 0 N–H and O–H groups in total. The molecule has 0 aliphatic rings. The van der Waals surface area contributed by atoms with Gasteiger partial charge in [0.2, 0.25) is 0 Å². The first-order valence-corrected chi connectivity index (χ1v) is 7.36. The highest BCUT2D eigenvalue weighted by Crippen LogP contribution is 1.99. The molecule has 0 rings (SSSR count). The summed E-state index contributed by atoms with van der Waals surface area (Å²) in [6.45, 7) is 8.83. The number of carboxylic acids is 1. The summed E-state index contributed by atoms with van der Waals surface area (Å²) in [7, 11) is 4.02. The number of ether oxygens (including phenoxy) is 1. The van der Waals surface area contributed by atoms with Crippen molar-refractivity contribution in [2.75, 3.05) is 52.4 Å². The Hall–Kier alpha value is -0.260. The first-order valence-electron chi connectivity index (χ1n) is 5.97. The summed E-state index contributed by atoms with van der Waals surface area (Å²) in [6.07, 6.45) is 2.03. The molecule has 0 aromatic heterocycles. The Morgan fingerprint density at radius 1 is 1.35 bits per heavy atom. The molecule has 0 heterocycles. The van der Waals surface area contributed by atoms with E-state index in [1.165, 1.54) is 24.9 Å². The van der Waals surface area contributed by atoms with Gasteiger partial charge in [0.1, 0.15) is 6.54 Å².